The van der Waals surface area contributed by atoms with Crippen LogP contribution in [0.25, 0.3) is 0 Å². The second-order valence-electron chi connectivity index (χ2n) is 6.10. The summed E-state index contributed by atoms with van der Waals surface area (Å²) in [5, 5.41) is 11.2. The summed E-state index contributed by atoms with van der Waals surface area (Å²) in [4.78, 5) is 14.5. The van der Waals surface area contributed by atoms with E-state index in [0.717, 1.165) is 19.2 Å². The molecule has 8 heteroatoms. The summed E-state index contributed by atoms with van der Waals surface area (Å²) in [6, 6.07) is 2.78. The van der Waals surface area contributed by atoms with Gasteiger partial charge in [0.1, 0.15) is 5.69 Å². The number of nitro groups is 1. The number of nitrogens with zero attached hydrogens (tertiary/aromatic N) is 3. The first-order valence-electron chi connectivity index (χ1n) is 7.05. The molecule has 0 bridgehead atoms. The molecule has 120 valence electrons. The van der Waals surface area contributed by atoms with E-state index >= 15 is 0 Å². The maximum atomic E-state index is 12.7. The summed E-state index contributed by atoms with van der Waals surface area (Å²) in [6.07, 6.45) is -4.58. The van der Waals surface area contributed by atoms with Crippen molar-refractivity contribution in [3.05, 3.63) is 33.9 Å². The van der Waals surface area contributed by atoms with Gasteiger partial charge < -0.3 is 9.80 Å². The molecule has 2 aliphatic heterocycles. The fraction of sp³-hybridized carbons (Fsp3) is 0.571. The second kappa shape index (κ2) is 5.12. The molecule has 0 N–H and O–H groups in total. The van der Waals surface area contributed by atoms with Gasteiger partial charge in [0.15, 0.2) is 0 Å². The molecule has 0 spiro atoms. The third-order valence-corrected chi connectivity index (χ3v) is 4.51. The first-order valence-corrected chi connectivity index (χ1v) is 7.05. The lowest BCUT2D eigenvalue weighted by atomic mass is 10.0. The monoisotopic (exact) mass is 315 g/mol. The van der Waals surface area contributed by atoms with Crippen LogP contribution in [0.5, 0.6) is 0 Å². The Morgan fingerprint density at radius 3 is 2.27 bits per heavy atom. The molecule has 2 atom stereocenters. The highest BCUT2D eigenvalue weighted by Gasteiger charge is 2.41. The number of likely N-dealkylation sites (tertiary alicyclic amines) is 1. The highest BCUT2D eigenvalue weighted by Crippen LogP contribution is 2.40. The molecule has 0 aliphatic carbocycles. The maximum absolute atomic E-state index is 12.7. The van der Waals surface area contributed by atoms with Crippen LogP contribution in [0.2, 0.25) is 0 Å². The minimum Gasteiger partial charge on any atom is -0.365 e. The van der Waals surface area contributed by atoms with Gasteiger partial charge in [0, 0.05) is 32.2 Å². The van der Waals surface area contributed by atoms with E-state index < -0.39 is 22.4 Å². The minimum absolute atomic E-state index is 0.287. The summed E-state index contributed by atoms with van der Waals surface area (Å²) < 4.78 is 38.2. The first-order chi connectivity index (χ1) is 10.3. The molecule has 2 unspecified atom stereocenters. The van der Waals surface area contributed by atoms with Crippen LogP contribution in [0.4, 0.5) is 24.5 Å². The Morgan fingerprint density at radius 2 is 1.77 bits per heavy atom. The van der Waals surface area contributed by atoms with E-state index in [2.05, 4.69) is 4.90 Å². The molecule has 0 aromatic heterocycles. The molecule has 0 saturated carbocycles. The van der Waals surface area contributed by atoms with Gasteiger partial charge in [-0.1, -0.05) is 0 Å². The van der Waals surface area contributed by atoms with E-state index in [9.17, 15) is 23.3 Å². The van der Waals surface area contributed by atoms with Crippen LogP contribution >= 0.6 is 0 Å². The van der Waals surface area contributed by atoms with E-state index in [1.54, 1.807) is 0 Å². The van der Waals surface area contributed by atoms with Crippen LogP contribution in [0.15, 0.2) is 18.2 Å². The van der Waals surface area contributed by atoms with Gasteiger partial charge in [0.25, 0.3) is 5.69 Å². The number of anilines is 1. The number of halogens is 3. The maximum Gasteiger partial charge on any atom is 0.416 e. The smallest absolute Gasteiger partial charge is 0.365 e. The van der Waals surface area contributed by atoms with Gasteiger partial charge in [-0.15, -0.1) is 0 Å². The summed E-state index contributed by atoms with van der Waals surface area (Å²) in [5.41, 5.74) is -1.17. The van der Waals surface area contributed by atoms with E-state index in [1.165, 1.54) is 6.07 Å². The highest BCUT2D eigenvalue weighted by molar-refractivity contribution is 5.65. The zero-order chi connectivity index (χ0) is 16.1. The molecule has 0 radical (unpaired) electrons. The van der Waals surface area contributed by atoms with Crippen LogP contribution in [-0.2, 0) is 6.18 Å². The molecule has 5 nitrogen and oxygen atoms in total. The van der Waals surface area contributed by atoms with Crippen molar-refractivity contribution in [3.63, 3.8) is 0 Å². The van der Waals surface area contributed by atoms with Gasteiger partial charge in [0.05, 0.1) is 10.5 Å². The van der Waals surface area contributed by atoms with Gasteiger partial charge >= 0.3 is 6.18 Å². The van der Waals surface area contributed by atoms with Gasteiger partial charge in [0.2, 0.25) is 0 Å². The number of rotatable bonds is 2. The number of nitro benzene ring substituents is 1. The van der Waals surface area contributed by atoms with E-state index in [4.69, 9.17) is 0 Å². The molecule has 1 aromatic rings. The summed E-state index contributed by atoms with van der Waals surface area (Å²) in [5.74, 6) is 0.846. The Hall–Kier alpha value is -1.83. The Labute approximate surface area is 125 Å². The number of alkyl halides is 3. The van der Waals surface area contributed by atoms with Crippen LogP contribution in [0.3, 0.4) is 0 Å². The first kappa shape index (κ1) is 15.1. The topological polar surface area (TPSA) is 49.6 Å². The predicted molar refractivity (Wildman–Crippen MR) is 74.8 cm³/mol. The van der Waals surface area contributed by atoms with Crippen LogP contribution in [0, 0.1) is 22.0 Å². The third kappa shape index (κ3) is 2.63. The van der Waals surface area contributed by atoms with Crippen molar-refractivity contribution in [3.8, 4) is 0 Å². The molecule has 2 heterocycles. The fourth-order valence-electron chi connectivity index (χ4n) is 3.54. The number of benzene rings is 1. The van der Waals surface area contributed by atoms with Crippen molar-refractivity contribution in [1.82, 2.24) is 4.90 Å². The molecular formula is C14H16F3N3O2. The number of hydrogen-bond donors (Lipinski definition) is 0. The van der Waals surface area contributed by atoms with Gasteiger partial charge in [-0.25, -0.2) is 0 Å². The molecule has 2 fully saturated rings. The molecular weight excluding hydrogens is 299 g/mol. The molecule has 0 amide bonds. The van der Waals surface area contributed by atoms with Crippen LogP contribution in [-0.4, -0.2) is 43.0 Å². The Balaban J connectivity index is 1.90. The lowest BCUT2D eigenvalue weighted by Gasteiger charge is -2.21. The largest absolute Gasteiger partial charge is 0.416 e. The lowest BCUT2D eigenvalue weighted by molar-refractivity contribution is -0.384. The minimum atomic E-state index is -4.58. The summed E-state index contributed by atoms with van der Waals surface area (Å²) in [6.45, 7) is 3.16. The molecule has 2 saturated heterocycles. The predicted octanol–water partition coefficient (Wildman–Crippen LogP) is 2.61. The van der Waals surface area contributed by atoms with Crippen molar-refractivity contribution >= 4 is 11.4 Å². The molecule has 22 heavy (non-hydrogen) atoms. The average Bonchev–Trinajstić information content (AvgIpc) is 2.93. The van der Waals surface area contributed by atoms with Gasteiger partial charge in [-0.3, -0.25) is 10.1 Å². The summed E-state index contributed by atoms with van der Waals surface area (Å²) >= 11 is 0. The molecule has 2 aliphatic rings. The van der Waals surface area contributed by atoms with Crippen molar-refractivity contribution in [2.24, 2.45) is 11.8 Å². The Morgan fingerprint density at radius 1 is 1.18 bits per heavy atom. The van der Waals surface area contributed by atoms with Crippen LogP contribution < -0.4 is 4.90 Å². The van der Waals surface area contributed by atoms with Crippen molar-refractivity contribution in [2.45, 2.75) is 6.18 Å². The van der Waals surface area contributed by atoms with Gasteiger partial charge in [-0.2, -0.15) is 13.2 Å². The van der Waals surface area contributed by atoms with Crippen molar-refractivity contribution in [1.29, 1.82) is 0 Å². The zero-order valence-electron chi connectivity index (χ0n) is 12.0. The van der Waals surface area contributed by atoms with E-state index in [-0.39, 0.29) is 5.69 Å². The summed E-state index contributed by atoms with van der Waals surface area (Å²) in [7, 11) is 2.03. The zero-order valence-corrected chi connectivity index (χ0v) is 12.0. The molecule has 1 aromatic carbocycles. The average molecular weight is 315 g/mol. The quantitative estimate of drug-likeness (QED) is 0.622. The van der Waals surface area contributed by atoms with E-state index in [1.807, 2.05) is 11.9 Å². The Kier molecular flexibility index (Phi) is 3.51. The standard InChI is InChI=1S/C14H16F3N3O2/c1-18-5-9-7-19(8-10(9)6-18)12-3-2-11(14(15,16)17)4-13(12)20(21)22/h2-4,9-10H,5-8H2,1H3. The molecule has 3 rings (SSSR count). The SMILES string of the molecule is CN1CC2CN(c3ccc(C(F)(F)F)cc3[N+](=O)[O-])CC2C1. The number of hydrogen-bond acceptors (Lipinski definition) is 4. The fourth-order valence-corrected chi connectivity index (χ4v) is 3.54. The highest BCUT2D eigenvalue weighted by atomic mass is 19.4. The third-order valence-electron chi connectivity index (χ3n) is 4.51. The lowest BCUT2D eigenvalue weighted by Crippen LogP contribution is -2.27. The van der Waals surface area contributed by atoms with Crippen molar-refractivity contribution < 1.29 is 18.1 Å². The Bertz CT molecular complexity index is 591. The van der Waals surface area contributed by atoms with Crippen LogP contribution in [0.1, 0.15) is 5.56 Å². The van der Waals surface area contributed by atoms with E-state index in [0.29, 0.717) is 31.0 Å². The number of fused-ring (bicyclic) bond motifs is 1. The normalized spacial score (nSPS) is 25.5. The second-order valence-corrected chi connectivity index (χ2v) is 6.10. The van der Waals surface area contributed by atoms with Crippen molar-refractivity contribution in [2.75, 3.05) is 38.1 Å². The van der Waals surface area contributed by atoms with Gasteiger partial charge in [-0.05, 0) is 31.0 Å².